The summed E-state index contributed by atoms with van der Waals surface area (Å²) in [6, 6.07) is 13.6. The third-order valence-corrected chi connectivity index (χ3v) is 5.79. The molecule has 5 nitrogen and oxygen atoms in total. The summed E-state index contributed by atoms with van der Waals surface area (Å²) >= 11 is 1.43. The molecule has 0 atom stereocenters. The Kier molecular flexibility index (Phi) is 4.69. The normalized spacial score (nSPS) is 11.4. The molecule has 128 valence electrons. The van der Waals surface area contributed by atoms with Gasteiger partial charge >= 0.3 is 0 Å². The van der Waals surface area contributed by atoms with Crippen molar-refractivity contribution in [3.63, 3.8) is 0 Å². The minimum Gasteiger partial charge on any atom is -0.280 e. The number of benzene rings is 2. The Balaban J connectivity index is 1.97. The molecule has 2 aromatic carbocycles. The summed E-state index contributed by atoms with van der Waals surface area (Å²) in [4.78, 5) is 19.1. The van der Waals surface area contributed by atoms with E-state index in [1.165, 1.54) is 40.5 Å². The summed E-state index contributed by atoms with van der Waals surface area (Å²) in [5.74, 6) is -0.251. The molecule has 0 aliphatic carbocycles. The van der Waals surface area contributed by atoms with Crippen LogP contribution in [0.25, 0.3) is 10.2 Å². The summed E-state index contributed by atoms with van der Waals surface area (Å²) in [7, 11) is -3.30. The van der Waals surface area contributed by atoms with E-state index in [9.17, 15) is 13.2 Å². The van der Waals surface area contributed by atoms with Crippen molar-refractivity contribution in [3.8, 4) is 0 Å². The largest absolute Gasteiger partial charge is 0.280 e. The first kappa shape index (κ1) is 17.3. The third-order valence-electron chi connectivity index (χ3n) is 3.60. The number of fused-ring (bicyclic) bond motifs is 1. The molecule has 0 bridgehead atoms. The Morgan fingerprint density at radius 3 is 2.48 bits per heavy atom. The van der Waals surface area contributed by atoms with E-state index in [0.29, 0.717) is 17.2 Å². The molecule has 0 unspecified atom stereocenters. The van der Waals surface area contributed by atoms with Crippen molar-refractivity contribution < 1.29 is 13.2 Å². The molecule has 25 heavy (non-hydrogen) atoms. The Morgan fingerprint density at radius 1 is 1.20 bits per heavy atom. The molecule has 1 amide bonds. The minimum absolute atomic E-state index is 0.180. The molecule has 3 rings (SSSR count). The van der Waals surface area contributed by atoms with Gasteiger partial charge in [0.25, 0.3) is 5.91 Å². The van der Waals surface area contributed by atoms with Gasteiger partial charge in [0.1, 0.15) is 0 Å². The first-order valence-corrected chi connectivity index (χ1v) is 10.2. The molecular weight excluding hydrogens is 356 g/mol. The van der Waals surface area contributed by atoms with Gasteiger partial charge in [0.05, 0.1) is 15.1 Å². The number of anilines is 1. The fourth-order valence-corrected chi connectivity index (χ4v) is 3.96. The summed E-state index contributed by atoms with van der Waals surface area (Å²) in [5, 5.41) is 0.582. The lowest BCUT2D eigenvalue weighted by molar-refractivity contribution is 0.0989. The molecule has 3 aromatic rings. The van der Waals surface area contributed by atoms with E-state index in [1.807, 2.05) is 24.3 Å². The number of nitrogens with zero attached hydrogens (tertiary/aromatic N) is 2. The van der Waals surface area contributed by atoms with Crippen LogP contribution in [0.1, 0.15) is 10.4 Å². The third kappa shape index (κ3) is 3.62. The molecule has 0 N–H and O–H groups in total. The number of carbonyl (C=O) groups excluding carboxylic acids is 1. The summed E-state index contributed by atoms with van der Waals surface area (Å²) in [5.41, 5.74) is 1.23. The average Bonchev–Trinajstić information content (AvgIpc) is 3.02. The van der Waals surface area contributed by atoms with E-state index in [0.717, 1.165) is 16.5 Å². The smallest absolute Gasteiger partial charge is 0.260 e. The molecule has 0 fully saturated rings. The van der Waals surface area contributed by atoms with Gasteiger partial charge in [0.15, 0.2) is 15.0 Å². The zero-order valence-corrected chi connectivity index (χ0v) is 15.2. The number of hydrogen-bond donors (Lipinski definition) is 0. The molecule has 0 aliphatic heterocycles. The van der Waals surface area contributed by atoms with Crippen molar-refractivity contribution in [2.45, 2.75) is 4.90 Å². The second-order valence-electron chi connectivity index (χ2n) is 5.47. The van der Waals surface area contributed by atoms with Crippen molar-refractivity contribution in [1.82, 2.24) is 4.98 Å². The van der Waals surface area contributed by atoms with Crippen molar-refractivity contribution in [2.24, 2.45) is 0 Å². The van der Waals surface area contributed by atoms with Crippen molar-refractivity contribution in [1.29, 1.82) is 0 Å². The summed E-state index contributed by atoms with van der Waals surface area (Å²) in [6.45, 7) is 4.02. The Labute approximate surface area is 150 Å². The van der Waals surface area contributed by atoms with Gasteiger partial charge in [0, 0.05) is 18.4 Å². The second kappa shape index (κ2) is 6.78. The van der Waals surface area contributed by atoms with E-state index in [-0.39, 0.29) is 10.8 Å². The predicted molar refractivity (Wildman–Crippen MR) is 101 cm³/mol. The van der Waals surface area contributed by atoms with Crippen LogP contribution < -0.4 is 4.90 Å². The maximum atomic E-state index is 12.9. The Bertz CT molecular complexity index is 1000. The predicted octanol–water partition coefficient (Wildman–Crippen LogP) is 3.53. The lowest BCUT2D eigenvalue weighted by Gasteiger charge is -2.18. The number of sulfone groups is 1. The summed E-state index contributed by atoms with van der Waals surface area (Å²) in [6.07, 6.45) is 2.77. The highest BCUT2D eigenvalue weighted by atomic mass is 32.2. The van der Waals surface area contributed by atoms with Gasteiger partial charge in [-0.05, 0) is 36.4 Å². The summed E-state index contributed by atoms with van der Waals surface area (Å²) < 4.78 is 24.1. The van der Waals surface area contributed by atoms with Crippen molar-refractivity contribution in [2.75, 3.05) is 17.7 Å². The minimum atomic E-state index is -3.30. The standard InChI is InChI=1S/C18H16N2O3S2/c1-3-12-20(18-19-15-6-4-5-7-16(15)24-18)17(21)13-8-10-14(11-9-13)25(2,22)23/h3-11H,1,12H2,2H3. The fourth-order valence-electron chi connectivity index (χ4n) is 2.35. The van der Waals surface area contributed by atoms with Crippen LogP contribution in [0.5, 0.6) is 0 Å². The van der Waals surface area contributed by atoms with Gasteiger partial charge in [-0.3, -0.25) is 9.69 Å². The average molecular weight is 372 g/mol. The molecule has 1 aromatic heterocycles. The Morgan fingerprint density at radius 2 is 1.88 bits per heavy atom. The van der Waals surface area contributed by atoms with Gasteiger partial charge < -0.3 is 0 Å². The SMILES string of the molecule is C=CCN(C(=O)c1ccc(S(C)(=O)=O)cc1)c1nc2ccccc2s1. The van der Waals surface area contributed by atoms with E-state index >= 15 is 0 Å². The topological polar surface area (TPSA) is 67.3 Å². The number of amides is 1. The lowest BCUT2D eigenvalue weighted by atomic mass is 10.2. The van der Waals surface area contributed by atoms with Gasteiger partial charge in [-0.2, -0.15) is 0 Å². The van der Waals surface area contributed by atoms with Crippen LogP contribution in [0.15, 0.2) is 66.1 Å². The van der Waals surface area contributed by atoms with Crippen molar-refractivity contribution in [3.05, 3.63) is 66.7 Å². The number of aromatic nitrogens is 1. The lowest BCUT2D eigenvalue weighted by Crippen LogP contribution is -2.30. The first-order valence-electron chi connectivity index (χ1n) is 7.48. The Hall–Kier alpha value is -2.51. The maximum absolute atomic E-state index is 12.9. The monoisotopic (exact) mass is 372 g/mol. The van der Waals surface area contributed by atoms with E-state index < -0.39 is 9.84 Å². The van der Waals surface area contributed by atoms with Crippen LogP contribution in [0.4, 0.5) is 5.13 Å². The van der Waals surface area contributed by atoms with Gasteiger partial charge in [-0.15, -0.1) is 6.58 Å². The second-order valence-corrected chi connectivity index (χ2v) is 8.49. The maximum Gasteiger partial charge on any atom is 0.260 e. The zero-order chi connectivity index (χ0) is 18.0. The van der Waals surface area contributed by atoms with Gasteiger partial charge in [-0.1, -0.05) is 29.5 Å². The highest BCUT2D eigenvalue weighted by Gasteiger charge is 2.20. The highest BCUT2D eigenvalue weighted by molar-refractivity contribution is 7.90. The zero-order valence-electron chi connectivity index (χ0n) is 13.5. The molecule has 0 aliphatic rings. The highest BCUT2D eigenvalue weighted by Crippen LogP contribution is 2.29. The number of carbonyl (C=O) groups is 1. The number of hydrogen-bond acceptors (Lipinski definition) is 5. The molecule has 1 heterocycles. The number of thiazole rings is 1. The molecule has 0 spiro atoms. The molecule has 0 saturated heterocycles. The van der Waals surface area contributed by atoms with Gasteiger partial charge in [-0.25, -0.2) is 13.4 Å². The van der Waals surface area contributed by atoms with Crippen LogP contribution >= 0.6 is 11.3 Å². The molecule has 0 radical (unpaired) electrons. The van der Waals surface area contributed by atoms with Crippen LogP contribution in [0.3, 0.4) is 0 Å². The van der Waals surface area contributed by atoms with Crippen LogP contribution in [-0.4, -0.2) is 32.1 Å². The molecule has 0 saturated carbocycles. The van der Waals surface area contributed by atoms with Crippen LogP contribution in [0.2, 0.25) is 0 Å². The van der Waals surface area contributed by atoms with E-state index in [2.05, 4.69) is 11.6 Å². The van der Waals surface area contributed by atoms with Crippen LogP contribution in [0, 0.1) is 0 Å². The van der Waals surface area contributed by atoms with Crippen LogP contribution in [-0.2, 0) is 9.84 Å². The van der Waals surface area contributed by atoms with Gasteiger partial charge in [0.2, 0.25) is 0 Å². The van der Waals surface area contributed by atoms with Crippen molar-refractivity contribution >= 4 is 42.4 Å². The molecule has 7 heteroatoms. The van der Waals surface area contributed by atoms with E-state index in [4.69, 9.17) is 0 Å². The van der Waals surface area contributed by atoms with E-state index in [1.54, 1.807) is 6.08 Å². The molecular formula is C18H16N2O3S2. The number of para-hydroxylation sites is 1. The quantitative estimate of drug-likeness (QED) is 0.643. The first-order chi connectivity index (χ1) is 11.9. The fraction of sp³-hybridized carbons (Fsp3) is 0.111. The number of rotatable bonds is 5.